The quantitative estimate of drug-likeness (QED) is 0.828. The van der Waals surface area contributed by atoms with E-state index in [1.165, 1.54) is 0 Å². The summed E-state index contributed by atoms with van der Waals surface area (Å²) in [6, 6.07) is 1.93. The standard InChI is InChI=1S/C17H23N5O2S/c25-17(18-11-13-1-8-23-9-2-13)22-6-4-21(5-7-22)15-14-3-10-24-16(14)20-12-19-15/h3,10,12-13H,1-2,4-9,11H2,(H,18,25). The SMILES string of the molecule is S=C(NCC1CCOCC1)N1CCN(c2ncnc3occc23)CC1. The van der Waals surface area contributed by atoms with E-state index in [0.29, 0.717) is 11.6 Å². The molecule has 0 aliphatic carbocycles. The van der Waals surface area contributed by atoms with E-state index in [0.717, 1.165) is 75.1 Å². The van der Waals surface area contributed by atoms with Gasteiger partial charge < -0.3 is 24.3 Å². The molecule has 4 rings (SSSR count). The van der Waals surface area contributed by atoms with Gasteiger partial charge in [0, 0.05) is 45.9 Å². The van der Waals surface area contributed by atoms with Crippen molar-refractivity contribution in [2.75, 3.05) is 50.8 Å². The van der Waals surface area contributed by atoms with Gasteiger partial charge in [-0.25, -0.2) is 9.97 Å². The minimum atomic E-state index is 0.640. The topological polar surface area (TPSA) is 66.7 Å². The largest absolute Gasteiger partial charge is 0.446 e. The third-order valence-corrected chi connectivity index (χ3v) is 5.39. The molecule has 4 heterocycles. The molecule has 8 heteroatoms. The number of nitrogens with zero attached hydrogens (tertiary/aromatic N) is 4. The lowest BCUT2D eigenvalue weighted by Crippen LogP contribution is -2.52. The highest BCUT2D eigenvalue weighted by Crippen LogP contribution is 2.24. The molecule has 0 bridgehead atoms. The summed E-state index contributed by atoms with van der Waals surface area (Å²) >= 11 is 5.59. The van der Waals surface area contributed by atoms with Crippen molar-refractivity contribution >= 4 is 34.2 Å². The van der Waals surface area contributed by atoms with Crippen LogP contribution in [-0.2, 0) is 4.74 Å². The number of furan rings is 1. The fraction of sp³-hybridized carbons (Fsp3) is 0.588. The molecule has 0 unspecified atom stereocenters. The molecular formula is C17H23N5O2S. The van der Waals surface area contributed by atoms with Crippen LogP contribution >= 0.6 is 12.2 Å². The van der Waals surface area contributed by atoms with Crippen molar-refractivity contribution in [1.29, 1.82) is 0 Å². The number of piperazine rings is 1. The number of nitrogens with one attached hydrogen (secondary N) is 1. The molecule has 2 saturated heterocycles. The number of ether oxygens (including phenoxy) is 1. The third-order valence-electron chi connectivity index (χ3n) is 4.99. The Labute approximate surface area is 152 Å². The summed E-state index contributed by atoms with van der Waals surface area (Å²) in [4.78, 5) is 13.1. The summed E-state index contributed by atoms with van der Waals surface area (Å²) in [5.74, 6) is 1.61. The smallest absolute Gasteiger partial charge is 0.231 e. The monoisotopic (exact) mass is 361 g/mol. The van der Waals surface area contributed by atoms with Crippen LogP contribution in [0.3, 0.4) is 0 Å². The zero-order valence-corrected chi connectivity index (χ0v) is 15.0. The predicted molar refractivity (Wildman–Crippen MR) is 99.7 cm³/mol. The summed E-state index contributed by atoms with van der Waals surface area (Å²) in [7, 11) is 0. The van der Waals surface area contributed by atoms with Crippen LogP contribution in [-0.4, -0.2) is 65.9 Å². The highest BCUT2D eigenvalue weighted by Gasteiger charge is 2.22. The molecule has 0 spiro atoms. The molecule has 134 valence electrons. The lowest BCUT2D eigenvalue weighted by molar-refractivity contribution is 0.0674. The van der Waals surface area contributed by atoms with Gasteiger partial charge in [0.25, 0.3) is 0 Å². The number of anilines is 1. The Bertz CT molecular complexity index is 723. The summed E-state index contributed by atoms with van der Waals surface area (Å²) < 4.78 is 10.8. The predicted octanol–water partition coefficient (Wildman–Crippen LogP) is 1.65. The van der Waals surface area contributed by atoms with Gasteiger partial charge >= 0.3 is 0 Å². The average molecular weight is 361 g/mol. The lowest BCUT2D eigenvalue weighted by atomic mass is 10.0. The molecule has 0 aromatic carbocycles. The first-order valence-corrected chi connectivity index (χ1v) is 9.26. The highest BCUT2D eigenvalue weighted by atomic mass is 32.1. The van der Waals surface area contributed by atoms with Crippen molar-refractivity contribution in [1.82, 2.24) is 20.2 Å². The average Bonchev–Trinajstić information content (AvgIpc) is 3.16. The Morgan fingerprint density at radius 2 is 2.00 bits per heavy atom. The van der Waals surface area contributed by atoms with Gasteiger partial charge in [-0.15, -0.1) is 0 Å². The molecular weight excluding hydrogens is 338 g/mol. The fourth-order valence-electron chi connectivity index (χ4n) is 3.44. The molecule has 0 radical (unpaired) electrons. The van der Waals surface area contributed by atoms with E-state index < -0.39 is 0 Å². The molecule has 0 amide bonds. The molecule has 0 atom stereocenters. The maximum absolute atomic E-state index is 5.59. The first-order valence-electron chi connectivity index (χ1n) is 8.85. The van der Waals surface area contributed by atoms with Gasteiger partial charge in [-0.2, -0.15) is 0 Å². The van der Waals surface area contributed by atoms with E-state index in [9.17, 15) is 0 Å². The van der Waals surface area contributed by atoms with E-state index in [-0.39, 0.29) is 0 Å². The summed E-state index contributed by atoms with van der Waals surface area (Å²) in [5.41, 5.74) is 0.640. The van der Waals surface area contributed by atoms with E-state index in [1.807, 2.05) is 6.07 Å². The zero-order valence-electron chi connectivity index (χ0n) is 14.2. The van der Waals surface area contributed by atoms with Crippen molar-refractivity contribution in [3.63, 3.8) is 0 Å². The number of rotatable bonds is 3. The van der Waals surface area contributed by atoms with Crippen molar-refractivity contribution < 1.29 is 9.15 Å². The first kappa shape index (κ1) is 16.5. The maximum Gasteiger partial charge on any atom is 0.231 e. The Morgan fingerprint density at radius 3 is 2.80 bits per heavy atom. The summed E-state index contributed by atoms with van der Waals surface area (Å²) in [6.45, 7) is 6.25. The van der Waals surface area contributed by atoms with Crippen molar-refractivity contribution in [2.45, 2.75) is 12.8 Å². The minimum Gasteiger partial charge on any atom is -0.446 e. The van der Waals surface area contributed by atoms with Gasteiger partial charge in [0.1, 0.15) is 12.1 Å². The van der Waals surface area contributed by atoms with Crippen molar-refractivity contribution in [2.24, 2.45) is 5.92 Å². The van der Waals surface area contributed by atoms with Crippen LogP contribution in [0.15, 0.2) is 23.1 Å². The molecule has 2 fully saturated rings. The normalized spacial score (nSPS) is 19.4. The van der Waals surface area contributed by atoms with Gasteiger partial charge in [-0.05, 0) is 37.0 Å². The molecule has 0 saturated carbocycles. The zero-order chi connectivity index (χ0) is 17.1. The van der Waals surface area contributed by atoms with Gasteiger partial charge in [0.05, 0.1) is 11.6 Å². The van der Waals surface area contributed by atoms with Crippen LogP contribution < -0.4 is 10.2 Å². The molecule has 7 nitrogen and oxygen atoms in total. The highest BCUT2D eigenvalue weighted by molar-refractivity contribution is 7.80. The van der Waals surface area contributed by atoms with Crippen molar-refractivity contribution in [3.8, 4) is 0 Å². The molecule has 2 aromatic heterocycles. The molecule has 2 aliphatic rings. The first-order chi connectivity index (χ1) is 12.3. The van der Waals surface area contributed by atoms with Gasteiger partial charge in [-0.1, -0.05) is 0 Å². The van der Waals surface area contributed by atoms with Gasteiger partial charge in [0.2, 0.25) is 5.71 Å². The number of aromatic nitrogens is 2. The Balaban J connectivity index is 1.30. The van der Waals surface area contributed by atoms with Crippen LogP contribution in [0.1, 0.15) is 12.8 Å². The minimum absolute atomic E-state index is 0.640. The summed E-state index contributed by atoms with van der Waals surface area (Å²) in [5, 5.41) is 5.28. The van der Waals surface area contributed by atoms with Crippen LogP contribution in [0.5, 0.6) is 0 Å². The van der Waals surface area contributed by atoms with E-state index in [2.05, 4.69) is 25.1 Å². The second kappa shape index (κ2) is 7.53. The Hall–Kier alpha value is -1.93. The Morgan fingerprint density at radius 1 is 1.20 bits per heavy atom. The third kappa shape index (κ3) is 3.69. The molecule has 25 heavy (non-hydrogen) atoms. The molecule has 2 aromatic rings. The van der Waals surface area contributed by atoms with Crippen LogP contribution in [0.2, 0.25) is 0 Å². The summed E-state index contributed by atoms with van der Waals surface area (Å²) in [6.07, 6.45) is 5.47. The van der Waals surface area contributed by atoms with Crippen LogP contribution in [0.4, 0.5) is 5.82 Å². The van der Waals surface area contributed by atoms with Crippen LogP contribution in [0, 0.1) is 5.92 Å². The fourth-order valence-corrected chi connectivity index (χ4v) is 3.71. The number of thiocarbonyl (C=S) groups is 1. The second-order valence-corrected chi connectivity index (χ2v) is 6.94. The number of fused-ring (bicyclic) bond motifs is 1. The second-order valence-electron chi connectivity index (χ2n) is 6.55. The van der Waals surface area contributed by atoms with Crippen LogP contribution in [0.25, 0.3) is 11.1 Å². The number of hydrogen-bond acceptors (Lipinski definition) is 6. The van der Waals surface area contributed by atoms with Gasteiger partial charge in [-0.3, -0.25) is 0 Å². The van der Waals surface area contributed by atoms with E-state index >= 15 is 0 Å². The maximum atomic E-state index is 5.59. The molecule has 2 aliphatic heterocycles. The molecule has 1 N–H and O–H groups in total. The van der Waals surface area contributed by atoms with E-state index in [4.69, 9.17) is 21.4 Å². The van der Waals surface area contributed by atoms with E-state index in [1.54, 1.807) is 12.6 Å². The van der Waals surface area contributed by atoms with Gasteiger partial charge in [0.15, 0.2) is 5.11 Å². The Kier molecular flexibility index (Phi) is 4.98. The number of hydrogen-bond donors (Lipinski definition) is 1. The lowest BCUT2D eigenvalue weighted by Gasteiger charge is -2.37. The van der Waals surface area contributed by atoms with Crippen molar-refractivity contribution in [3.05, 3.63) is 18.7 Å².